The number of benzene rings is 1. The second-order valence-corrected chi connectivity index (χ2v) is 4.45. The number of rotatable bonds is 4. The molecule has 0 aromatic heterocycles. The van der Waals surface area contributed by atoms with Crippen LogP contribution in [0.3, 0.4) is 0 Å². The van der Waals surface area contributed by atoms with Crippen LogP contribution in [-0.2, 0) is 0 Å². The molecule has 0 fully saturated rings. The fourth-order valence-corrected chi connectivity index (χ4v) is 2.24. The highest BCUT2D eigenvalue weighted by Crippen LogP contribution is 2.32. The van der Waals surface area contributed by atoms with Gasteiger partial charge >= 0.3 is 0 Å². The maximum atomic E-state index is 9.05. The zero-order valence-electron chi connectivity index (χ0n) is 10.2. The molecular formula is C15H18N2. The van der Waals surface area contributed by atoms with Crippen LogP contribution in [0.2, 0.25) is 0 Å². The first-order valence-electron chi connectivity index (χ1n) is 6.31. The van der Waals surface area contributed by atoms with Gasteiger partial charge in [0.15, 0.2) is 0 Å². The molecule has 2 rings (SSSR count). The summed E-state index contributed by atoms with van der Waals surface area (Å²) in [5.74, 6) is 0. The number of nitrogens with zero attached hydrogens (tertiary/aromatic N) is 1. The van der Waals surface area contributed by atoms with Gasteiger partial charge in [0.05, 0.1) is 6.07 Å². The number of allylic oxidation sites excluding steroid dienone is 1. The van der Waals surface area contributed by atoms with Crippen LogP contribution in [0.25, 0.3) is 5.57 Å². The Labute approximate surface area is 103 Å². The number of hydrogen-bond acceptors (Lipinski definition) is 2. The number of fused-ring (bicyclic) bond motifs is 1. The van der Waals surface area contributed by atoms with E-state index in [9.17, 15) is 0 Å². The van der Waals surface area contributed by atoms with Crippen molar-refractivity contribution in [3.8, 4) is 6.07 Å². The van der Waals surface area contributed by atoms with Gasteiger partial charge in [0.2, 0.25) is 0 Å². The third kappa shape index (κ3) is 2.68. The van der Waals surface area contributed by atoms with Crippen LogP contribution < -0.4 is 5.32 Å². The van der Waals surface area contributed by atoms with Gasteiger partial charge in [-0.1, -0.05) is 38.0 Å². The van der Waals surface area contributed by atoms with E-state index in [-0.39, 0.29) is 6.04 Å². The lowest BCUT2D eigenvalue weighted by atomic mass is 9.93. The summed E-state index contributed by atoms with van der Waals surface area (Å²) < 4.78 is 0. The van der Waals surface area contributed by atoms with Crippen molar-refractivity contribution >= 4 is 11.3 Å². The van der Waals surface area contributed by atoms with E-state index in [0.717, 1.165) is 12.1 Å². The number of hydrogen-bond donors (Lipinski definition) is 1. The van der Waals surface area contributed by atoms with Crippen molar-refractivity contribution in [2.45, 2.75) is 38.6 Å². The summed E-state index contributed by atoms with van der Waals surface area (Å²) in [5.41, 5.74) is 3.67. The molecular weight excluding hydrogens is 208 g/mol. The molecule has 0 saturated heterocycles. The predicted molar refractivity (Wildman–Crippen MR) is 71.6 cm³/mol. The molecule has 1 unspecified atom stereocenters. The van der Waals surface area contributed by atoms with Crippen LogP contribution in [0.15, 0.2) is 30.3 Å². The van der Waals surface area contributed by atoms with Gasteiger partial charge in [-0.05, 0) is 30.6 Å². The fraction of sp³-hybridized carbons (Fsp3) is 0.400. The van der Waals surface area contributed by atoms with E-state index in [1.54, 1.807) is 0 Å². The molecule has 0 bridgehead atoms. The van der Waals surface area contributed by atoms with Gasteiger partial charge in [-0.15, -0.1) is 0 Å². The van der Waals surface area contributed by atoms with E-state index in [2.05, 4.69) is 36.5 Å². The van der Waals surface area contributed by atoms with Crippen LogP contribution in [0.5, 0.6) is 0 Å². The Balaban J connectivity index is 2.21. The predicted octanol–water partition coefficient (Wildman–Crippen LogP) is 3.97. The standard InChI is InChI=1S/C15H18N2/c1-2-3-4-7-12-10-13(11-16)17-15-9-6-5-8-14(12)15/h5-6,8-10,13,17H,2-4,7H2,1H3. The molecule has 1 atom stereocenters. The van der Waals surface area contributed by atoms with E-state index < -0.39 is 0 Å². The lowest BCUT2D eigenvalue weighted by molar-refractivity contribution is 0.734. The summed E-state index contributed by atoms with van der Waals surface area (Å²) in [4.78, 5) is 0. The minimum Gasteiger partial charge on any atom is -0.366 e. The quantitative estimate of drug-likeness (QED) is 0.788. The normalized spacial score (nSPS) is 17.6. The second-order valence-electron chi connectivity index (χ2n) is 4.45. The Bertz CT molecular complexity index is 454. The smallest absolute Gasteiger partial charge is 0.133 e. The third-order valence-electron chi connectivity index (χ3n) is 3.14. The highest BCUT2D eigenvalue weighted by atomic mass is 14.9. The lowest BCUT2D eigenvalue weighted by Gasteiger charge is -2.22. The van der Waals surface area contributed by atoms with E-state index in [1.807, 2.05) is 12.1 Å². The molecule has 1 aliphatic rings. The first-order valence-corrected chi connectivity index (χ1v) is 6.31. The Kier molecular flexibility index (Phi) is 3.82. The maximum absolute atomic E-state index is 9.05. The van der Waals surface area contributed by atoms with Gasteiger partial charge in [0.1, 0.15) is 6.04 Å². The minimum absolute atomic E-state index is 0.179. The summed E-state index contributed by atoms with van der Waals surface area (Å²) in [5, 5.41) is 12.3. The van der Waals surface area contributed by atoms with Crippen molar-refractivity contribution in [1.82, 2.24) is 0 Å². The fourth-order valence-electron chi connectivity index (χ4n) is 2.24. The maximum Gasteiger partial charge on any atom is 0.133 e. The Morgan fingerprint density at radius 1 is 1.29 bits per heavy atom. The topological polar surface area (TPSA) is 35.8 Å². The van der Waals surface area contributed by atoms with Crippen molar-refractivity contribution in [2.24, 2.45) is 0 Å². The largest absolute Gasteiger partial charge is 0.366 e. The first-order chi connectivity index (χ1) is 8.35. The molecule has 1 aromatic rings. The van der Waals surface area contributed by atoms with Crippen molar-refractivity contribution < 1.29 is 0 Å². The number of nitrogens with one attached hydrogen (secondary N) is 1. The molecule has 0 amide bonds. The molecule has 0 aliphatic carbocycles. The van der Waals surface area contributed by atoms with Crippen molar-refractivity contribution in [2.75, 3.05) is 5.32 Å². The van der Waals surface area contributed by atoms with Crippen molar-refractivity contribution in [3.05, 3.63) is 35.9 Å². The van der Waals surface area contributed by atoms with Crippen LogP contribution in [-0.4, -0.2) is 6.04 Å². The Hall–Kier alpha value is -1.75. The average Bonchev–Trinajstić information content (AvgIpc) is 2.38. The molecule has 0 spiro atoms. The van der Waals surface area contributed by atoms with Crippen LogP contribution in [0.4, 0.5) is 5.69 Å². The van der Waals surface area contributed by atoms with Crippen LogP contribution >= 0.6 is 0 Å². The number of nitriles is 1. The van der Waals surface area contributed by atoms with Gasteiger partial charge in [0.25, 0.3) is 0 Å². The molecule has 2 nitrogen and oxygen atoms in total. The lowest BCUT2D eigenvalue weighted by Crippen LogP contribution is -2.19. The van der Waals surface area contributed by atoms with Gasteiger partial charge < -0.3 is 5.32 Å². The van der Waals surface area contributed by atoms with E-state index >= 15 is 0 Å². The molecule has 17 heavy (non-hydrogen) atoms. The summed E-state index contributed by atoms with van der Waals surface area (Å²) in [6.07, 6.45) is 6.83. The van der Waals surface area contributed by atoms with Gasteiger partial charge in [-0.3, -0.25) is 0 Å². The number of unbranched alkanes of at least 4 members (excludes halogenated alkanes) is 2. The minimum atomic E-state index is -0.179. The SMILES string of the molecule is CCCCCC1=CC(C#N)Nc2ccccc21. The second kappa shape index (κ2) is 5.54. The molecule has 1 aliphatic heterocycles. The Morgan fingerprint density at radius 2 is 2.12 bits per heavy atom. The zero-order valence-corrected chi connectivity index (χ0v) is 10.2. The van der Waals surface area contributed by atoms with Crippen LogP contribution in [0, 0.1) is 11.3 Å². The number of anilines is 1. The molecule has 0 saturated carbocycles. The van der Waals surface area contributed by atoms with Crippen molar-refractivity contribution in [3.63, 3.8) is 0 Å². The van der Waals surface area contributed by atoms with Crippen molar-refractivity contribution in [1.29, 1.82) is 5.26 Å². The third-order valence-corrected chi connectivity index (χ3v) is 3.14. The monoisotopic (exact) mass is 226 g/mol. The number of para-hydroxylation sites is 1. The highest BCUT2D eigenvalue weighted by molar-refractivity contribution is 5.80. The molecule has 0 radical (unpaired) electrons. The summed E-state index contributed by atoms with van der Waals surface area (Å²) in [7, 11) is 0. The zero-order chi connectivity index (χ0) is 12.1. The summed E-state index contributed by atoms with van der Waals surface area (Å²) in [6, 6.07) is 10.3. The summed E-state index contributed by atoms with van der Waals surface area (Å²) in [6.45, 7) is 2.21. The first kappa shape index (κ1) is 11.7. The molecule has 2 heteroatoms. The van der Waals surface area contributed by atoms with E-state index in [1.165, 1.54) is 30.4 Å². The molecule has 1 aromatic carbocycles. The average molecular weight is 226 g/mol. The molecule has 1 heterocycles. The van der Waals surface area contributed by atoms with Gasteiger partial charge in [0, 0.05) is 11.3 Å². The van der Waals surface area contributed by atoms with E-state index in [0.29, 0.717) is 0 Å². The van der Waals surface area contributed by atoms with Crippen LogP contribution in [0.1, 0.15) is 38.2 Å². The summed E-state index contributed by atoms with van der Waals surface area (Å²) >= 11 is 0. The Morgan fingerprint density at radius 3 is 2.88 bits per heavy atom. The molecule has 1 N–H and O–H groups in total. The highest BCUT2D eigenvalue weighted by Gasteiger charge is 2.17. The van der Waals surface area contributed by atoms with Gasteiger partial charge in [-0.2, -0.15) is 5.26 Å². The molecule has 88 valence electrons. The van der Waals surface area contributed by atoms with E-state index in [4.69, 9.17) is 5.26 Å². The van der Waals surface area contributed by atoms with Gasteiger partial charge in [-0.25, -0.2) is 0 Å².